The van der Waals surface area contributed by atoms with E-state index in [0.717, 1.165) is 24.3 Å². The van der Waals surface area contributed by atoms with Crippen molar-refractivity contribution in [2.24, 2.45) is 0 Å². The van der Waals surface area contributed by atoms with Gasteiger partial charge in [0.2, 0.25) is 5.91 Å². The molecule has 0 radical (unpaired) electrons. The Balaban J connectivity index is 2.02. The van der Waals surface area contributed by atoms with Crippen molar-refractivity contribution in [2.75, 3.05) is 7.11 Å². The molecule has 1 aliphatic rings. The van der Waals surface area contributed by atoms with Crippen molar-refractivity contribution in [2.45, 2.75) is 45.2 Å². The lowest BCUT2D eigenvalue weighted by atomic mass is 10.3. The molecule has 19 heavy (non-hydrogen) atoms. The zero-order chi connectivity index (χ0) is 13.8. The summed E-state index contributed by atoms with van der Waals surface area (Å²) in [5, 5.41) is 2.47. The first-order valence-electron chi connectivity index (χ1n) is 6.48. The monoisotopic (exact) mass is 282 g/mol. The number of ether oxygens (including phenoxy) is 1. The lowest BCUT2D eigenvalue weighted by Gasteiger charge is -2.20. The molecule has 6 heteroatoms. The van der Waals surface area contributed by atoms with Gasteiger partial charge in [-0.2, -0.15) is 0 Å². The predicted octanol–water partition coefficient (Wildman–Crippen LogP) is 2.22. The third-order valence-corrected chi connectivity index (χ3v) is 3.86. The molecule has 0 saturated heterocycles. The molecular weight excluding hydrogens is 264 g/mol. The number of esters is 1. The lowest BCUT2D eigenvalue weighted by Crippen LogP contribution is -2.32. The van der Waals surface area contributed by atoms with Crippen LogP contribution < -0.4 is 0 Å². The smallest absolute Gasteiger partial charge is 0.357 e. The van der Waals surface area contributed by atoms with Gasteiger partial charge in [0.1, 0.15) is 5.01 Å². The van der Waals surface area contributed by atoms with Crippen molar-refractivity contribution in [1.29, 1.82) is 0 Å². The van der Waals surface area contributed by atoms with Crippen LogP contribution in [-0.4, -0.2) is 34.9 Å². The zero-order valence-electron chi connectivity index (χ0n) is 11.2. The van der Waals surface area contributed by atoms with Gasteiger partial charge in [-0.15, -0.1) is 11.3 Å². The summed E-state index contributed by atoms with van der Waals surface area (Å²) in [6, 6.07) is 0.365. The number of carbonyl (C=O) groups is 2. The van der Waals surface area contributed by atoms with Crippen LogP contribution in [0, 0.1) is 0 Å². The first-order chi connectivity index (χ1) is 9.15. The summed E-state index contributed by atoms with van der Waals surface area (Å²) in [6.07, 6.45) is 3.58. The maximum absolute atomic E-state index is 12.0. The van der Waals surface area contributed by atoms with Crippen LogP contribution in [0.25, 0.3) is 0 Å². The summed E-state index contributed by atoms with van der Waals surface area (Å²) in [5.74, 6) is -0.250. The standard InChI is InChI=1S/C13H18N2O3S/c1-3-4-12(16)15(9-5-6-9)7-11-14-10(8-19-11)13(17)18-2/h8-9H,3-7H2,1-2H3. The number of aromatic nitrogens is 1. The number of amides is 1. The van der Waals surface area contributed by atoms with Gasteiger partial charge in [0.05, 0.1) is 13.7 Å². The SMILES string of the molecule is CCCC(=O)N(Cc1nc(C(=O)OC)cs1)C1CC1. The molecule has 1 fully saturated rings. The van der Waals surface area contributed by atoms with Crippen molar-refractivity contribution < 1.29 is 14.3 Å². The molecule has 0 atom stereocenters. The third kappa shape index (κ3) is 3.53. The normalized spacial score (nSPS) is 14.2. The van der Waals surface area contributed by atoms with E-state index in [2.05, 4.69) is 9.72 Å². The highest BCUT2D eigenvalue weighted by Gasteiger charge is 2.32. The van der Waals surface area contributed by atoms with Gasteiger partial charge < -0.3 is 9.64 Å². The Bertz CT molecular complexity index is 468. The fraction of sp³-hybridized carbons (Fsp3) is 0.615. The highest BCUT2D eigenvalue weighted by Crippen LogP contribution is 2.29. The molecule has 0 aliphatic heterocycles. The summed E-state index contributed by atoms with van der Waals surface area (Å²) in [6.45, 7) is 2.51. The summed E-state index contributed by atoms with van der Waals surface area (Å²) in [4.78, 5) is 29.5. The fourth-order valence-corrected chi connectivity index (χ4v) is 2.65. The molecule has 0 bridgehead atoms. The van der Waals surface area contributed by atoms with E-state index in [1.165, 1.54) is 18.4 Å². The molecule has 1 aromatic heterocycles. The topological polar surface area (TPSA) is 59.5 Å². The highest BCUT2D eigenvalue weighted by molar-refractivity contribution is 7.09. The average molecular weight is 282 g/mol. The number of nitrogens with zero attached hydrogens (tertiary/aromatic N) is 2. The Kier molecular flexibility index (Phi) is 4.52. The van der Waals surface area contributed by atoms with Crippen LogP contribution in [-0.2, 0) is 16.1 Å². The van der Waals surface area contributed by atoms with Crippen LogP contribution in [0.15, 0.2) is 5.38 Å². The van der Waals surface area contributed by atoms with E-state index >= 15 is 0 Å². The number of thiazole rings is 1. The fourth-order valence-electron chi connectivity index (χ4n) is 1.89. The van der Waals surface area contributed by atoms with Crippen LogP contribution in [0.2, 0.25) is 0 Å². The molecule has 0 aromatic carbocycles. The van der Waals surface area contributed by atoms with Gasteiger partial charge in [-0.3, -0.25) is 4.79 Å². The van der Waals surface area contributed by atoms with Gasteiger partial charge in [-0.1, -0.05) is 6.92 Å². The average Bonchev–Trinajstić information content (AvgIpc) is 3.14. The lowest BCUT2D eigenvalue weighted by molar-refractivity contribution is -0.132. The minimum atomic E-state index is -0.430. The van der Waals surface area contributed by atoms with E-state index in [1.807, 2.05) is 11.8 Å². The number of rotatable bonds is 6. The third-order valence-electron chi connectivity index (χ3n) is 3.02. The van der Waals surface area contributed by atoms with Gasteiger partial charge in [0.25, 0.3) is 0 Å². The first kappa shape index (κ1) is 14.0. The Morgan fingerprint density at radius 1 is 1.53 bits per heavy atom. The number of hydrogen-bond acceptors (Lipinski definition) is 5. The number of methoxy groups -OCH3 is 1. The molecule has 1 amide bonds. The van der Waals surface area contributed by atoms with Gasteiger partial charge in [0.15, 0.2) is 5.69 Å². The second-order valence-electron chi connectivity index (χ2n) is 4.62. The molecule has 1 heterocycles. The zero-order valence-corrected chi connectivity index (χ0v) is 12.0. The molecule has 0 N–H and O–H groups in total. The van der Waals surface area contributed by atoms with Crippen LogP contribution in [0.3, 0.4) is 0 Å². The maximum atomic E-state index is 12.0. The van der Waals surface area contributed by atoms with Crippen molar-refractivity contribution in [3.8, 4) is 0 Å². The van der Waals surface area contributed by atoms with E-state index < -0.39 is 5.97 Å². The van der Waals surface area contributed by atoms with Gasteiger partial charge in [-0.25, -0.2) is 9.78 Å². The Labute approximate surface area is 116 Å². The minimum Gasteiger partial charge on any atom is -0.464 e. The molecule has 0 unspecified atom stereocenters. The van der Waals surface area contributed by atoms with Gasteiger partial charge in [0, 0.05) is 17.8 Å². The largest absolute Gasteiger partial charge is 0.464 e. The van der Waals surface area contributed by atoms with Crippen LogP contribution in [0.5, 0.6) is 0 Å². The van der Waals surface area contributed by atoms with Crippen LogP contribution in [0.4, 0.5) is 0 Å². The molecule has 0 spiro atoms. The second-order valence-corrected chi connectivity index (χ2v) is 5.56. The molecule has 104 valence electrons. The van der Waals surface area contributed by atoms with Crippen LogP contribution in [0.1, 0.15) is 48.1 Å². The van der Waals surface area contributed by atoms with E-state index in [4.69, 9.17) is 0 Å². The van der Waals surface area contributed by atoms with E-state index in [9.17, 15) is 9.59 Å². The quantitative estimate of drug-likeness (QED) is 0.751. The summed E-state index contributed by atoms with van der Waals surface area (Å²) >= 11 is 1.40. The van der Waals surface area contributed by atoms with Crippen molar-refractivity contribution in [3.05, 3.63) is 16.1 Å². The molecule has 1 aliphatic carbocycles. The van der Waals surface area contributed by atoms with Gasteiger partial charge in [-0.05, 0) is 19.3 Å². The van der Waals surface area contributed by atoms with E-state index in [0.29, 0.717) is 24.7 Å². The molecule has 1 aromatic rings. The number of hydrogen-bond donors (Lipinski definition) is 0. The number of carbonyl (C=O) groups excluding carboxylic acids is 2. The summed E-state index contributed by atoms with van der Waals surface area (Å²) in [5.41, 5.74) is 0.321. The molecular formula is C13H18N2O3S. The maximum Gasteiger partial charge on any atom is 0.357 e. The highest BCUT2D eigenvalue weighted by atomic mass is 32.1. The molecule has 1 saturated carbocycles. The Morgan fingerprint density at radius 2 is 2.26 bits per heavy atom. The predicted molar refractivity (Wildman–Crippen MR) is 71.9 cm³/mol. The first-order valence-corrected chi connectivity index (χ1v) is 7.35. The minimum absolute atomic E-state index is 0.180. The van der Waals surface area contributed by atoms with E-state index in [-0.39, 0.29) is 5.91 Å². The van der Waals surface area contributed by atoms with Crippen molar-refractivity contribution in [1.82, 2.24) is 9.88 Å². The summed E-state index contributed by atoms with van der Waals surface area (Å²) < 4.78 is 4.63. The van der Waals surface area contributed by atoms with Gasteiger partial charge >= 0.3 is 5.97 Å². The Morgan fingerprint density at radius 3 is 2.84 bits per heavy atom. The van der Waals surface area contributed by atoms with Crippen LogP contribution >= 0.6 is 11.3 Å². The van der Waals surface area contributed by atoms with E-state index in [1.54, 1.807) is 5.38 Å². The Hall–Kier alpha value is -1.43. The van der Waals surface area contributed by atoms with Crippen molar-refractivity contribution in [3.63, 3.8) is 0 Å². The second kappa shape index (κ2) is 6.14. The molecule has 5 nitrogen and oxygen atoms in total. The summed E-state index contributed by atoms with van der Waals surface area (Å²) in [7, 11) is 1.34. The molecule has 2 rings (SSSR count). The van der Waals surface area contributed by atoms with Crippen molar-refractivity contribution >= 4 is 23.2 Å².